The van der Waals surface area contributed by atoms with E-state index in [1.54, 1.807) is 36.8 Å². The number of imidazole rings is 1. The number of para-hydroxylation sites is 1. The summed E-state index contributed by atoms with van der Waals surface area (Å²) in [5.41, 5.74) is 3.16. The summed E-state index contributed by atoms with van der Waals surface area (Å²) in [5.74, 6) is -0.354. The zero-order valence-corrected chi connectivity index (χ0v) is 16.6. The maximum Gasteiger partial charge on any atom is 0.257 e. The molecule has 1 amide bonds. The predicted molar refractivity (Wildman–Crippen MR) is 107 cm³/mol. The van der Waals surface area contributed by atoms with Gasteiger partial charge in [-0.2, -0.15) is 0 Å². The Labute approximate surface area is 159 Å². The summed E-state index contributed by atoms with van der Waals surface area (Å²) in [6.45, 7) is 4.10. The topological polar surface area (TPSA) is 57.8 Å². The highest BCUT2D eigenvalue weighted by Crippen LogP contribution is 2.39. The Morgan fingerprint density at radius 3 is 2.62 bits per heavy atom. The number of hydrogen-bond acceptors (Lipinski definition) is 5. The van der Waals surface area contributed by atoms with Crippen LogP contribution in [0.2, 0.25) is 0 Å². The van der Waals surface area contributed by atoms with Crippen LogP contribution in [-0.2, 0) is 4.79 Å². The van der Waals surface area contributed by atoms with Gasteiger partial charge in [-0.25, -0.2) is 4.98 Å². The van der Waals surface area contributed by atoms with Crippen molar-refractivity contribution in [2.24, 2.45) is 0 Å². The van der Waals surface area contributed by atoms with E-state index in [4.69, 9.17) is 4.98 Å². The number of nitrogens with zero attached hydrogens (tertiary/aromatic N) is 3. The average Bonchev–Trinajstić information content (AvgIpc) is 3.23. The van der Waals surface area contributed by atoms with Gasteiger partial charge in [0, 0.05) is 29.4 Å². The van der Waals surface area contributed by atoms with Crippen LogP contribution in [0.5, 0.6) is 0 Å². The molecule has 0 aliphatic heterocycles. The van der Waals surface area contributed by atoms with E-state index in [-0.39, 0.29) is 5.91 Å². The molecule has 5 nitrogen and oxygen atoms in total. The maximum atomic E-state index is 12.6. The first-order valence-electron chi connectivity index (χ1n) is 8.25. The average molecular weight is 386 g/mol. The summed E-state index contributed by atoms with van der Waals surface area (Å²) >= 11 is 3.25. The van der Waals surface area contributed by atoms with E-state index in [2.05, 4.69) is 13.0 Å². The van der Waals surface area contributed by atoms with E-state index < -0.39 is 6.10 Å². The Kier molecular flexibility index (Phi) is 4.10. The highest BCUT2D eigenvalue weighted by atomic mass is 32.1. The van der Waals surface area contributed by atoms with Crippen LogP contribution in [-0.4, -0.2) is 39.4 Å². The molecular weight excluding hydrogens is 366 g/mol. The van der Waals surface area contributed by atoms with Gasteiger partial charge >= 0.3 is 0 Å². The number of hydrogen-bond donors (Lipinski definition) is 1. The molecule has 0 saturated heterocycles. The third-order valence-electron chi connectivity index (χ3n) is 4.42. The first kappa shape index (κ1) is 17.2. The van der Waals surface area contributed by atoms with Crippen LogP contribution < -0.4 is 0 Å². The van der Waals surface area contributed by atoms with Crippen molar-refractivity contribution in [3.63, 3.8) is 0 Å². The molecule has 1 aromatic carbocycles. The van der Waals surface area contributed by atoms with Gasteiger partial charge in [0.15, 0.2) is 11.1 Å². The zero-order valence-electron chi connectivity index (χ0n) is 15.0. The summed E-state index contributed by atoms with van der Waals surface area (Å²) < 4.78 is 3.00. The van der Waals surface area contributed by atoms with Gasteiger partial charge in [-0.15, -0.1) is 11.3 Å². The third kappa shape index (κ3) is 2.55. The van der Waals surface area contributed by atoms with Crippen LogP contribution in [0.25, 0.3) is 26.4 Å². The maximum absolute atomic E-state index is 12.6. The van der Waals surface area contributed by atoms with Crippen LogP contribution in [0.4, 0.5) is 0 Å². The molecule has 0 aliphatic carbocycles. The minimum absolute atomic E-state index is 0.354. The lowest BCUT2D eigenvalue weighted by Gasteiger charge is -2.17. The number of aryl methyl sites for hydroxylation is 2. The summed E-state index contributed by atoms with van der Waals surface area (Å²) in [6, 6.07) is 10.0. The van der Waals surface area contributed by atoms with Gasteiger partial charge in [-0.3, -0.25) is 9.20 Å². The van der Waals surface area contributed by atoms with E-state index in [9.17, 15) is 9.90 Å². The second-order valence-electron chi connectivity index (χ2n) is 6.50. The number of aromatic nitrogens is 2. The molecule has 4 rings (SSSR count). The van der Waals surface area contributed by atoms with E-state index in [1.807, 2.05) is 35.6 Å². The summed E-state index contributed by atoms with van der Waals surface area (Å²) in [4.78, 5) is 21.9. The summed E-state index contributed by atoms with van der Waals surface area (Å²) in [5, 5.41) is 10.9. The van der Waals surface area contributed by atoms with Crippen molar-refractivity contribution < 1.29 is 9.90 Å². The van der Waals surface area contributed by atoms with Crippen molar-refractivity contribution in [1.82, 2.24) is 14.3 Å². The molecule has 7 heteroatoms. The normalized spacial score (nSPS) is 12.8. The van der Waals surface area contributed by atoms with E-state index in [1.165, 1.54) is 9.78 Å². The number of rotatable bonds is 3. The lowest BCUT2D eigenvalue weighted by Crippen LogP contribution is -2.29. The Hall–Kier alpha value is -2.22. The van der Waals surface area contributed by atoms with Gasteiger partial charge in [-0.05, 0) is 32.0 Å². The lowest BCUT2D eigenvalue weighted by atomic mass is 10.1. The number of thiophene rings is 1. The van der Waals surface area contributed by atoms with Crippen molar-refractivity contribution in [3.8, 4) is 11.3 Å². The van der Waals surface area contributed by atoms with Crippen LogP contribution in [0, 0.1) is 13.8 Å². The van der Waals surface area contributed by atoms with Gasteiger partial charge in [-0.1, -0.05) is 23.5 Å². The van der Waals surface area contributed by atoms with Gasteiger partial charge < -0.3 is 10.0 Å². The first-order chi connectivity index (χ1) is 12.4. The smallest absolute Gasteiger partial charge is 0.257 e. The molecule has 0 bridgehead atoms. The van der Waals surface area contributed by atoms with Crippen molar-refractivity contribution in [2.45, 2.75) is 20.0 Å². The number of fused-ring (bicyclic) bond motifs is 3. The van der Waals surface area contributed by atoms with E-state index >= 15 is 0 Å². The van der Waals surface area contributed by atoms with Crippen molar-refractivity contribution in [1.29, 1.82) is 0 Å². The molecule has 1 unspecified atom stereocenters. The monoisotopic (exact) mass is 385 g/mol. The van der Waals surface area contributed by atoms with Crippen LogP contribution >= 0.6 is 22.7 Å². The largest absolute Gasteiger partial charge is 0.377 e. The number of likely N-dealkylation sites (N-methyl/N-ethyl adjacent to an activating group) is 1. The lowest BCUT2D eigenvalue weighted by molar-refractivity contribution is -0.138. The number of amides is 1. The molecule has 0 radical (unpaired) electrons. The first-order valence-corrected chi connectivity index (χ1v) is 9.88. The Morgan fingerprint density at radius 2 is 1.96 bits per heavy atom. The Bertz CT molecular complexity index is 1140. The van der Waals surface area contributed by atoms with Gasteiger partial charge in [0.1, 0.15) is 0 Å². The minimum Gasteiger partial charge on any atom is -0.377 e. The van der Waals surface area contributed by atoms with Gasteiger partial charge in [0.05, 0.1) is 21.6 Å². The number of thiazole rings is 1. The third-order valence-corrected chi connectivity index (χ3v) is 6.41. The molecule has 134 valence electrons. The van der Waals surface area contributed by atoms with Crippen molar-refractivity contribution in [2.75, 3.05) is 14.1 Å². The SMILES string of the molecule is Cc1cc(-c2nc3sc4ccccc4n3c2C(O)C(=O)N(C)C)c(C)s1. The molecule has 3 heterocycles. The number of carbonyl (C=O) groups excluding carboxylic acids is 1. The Balaban J connectivity index is 2.07. The van der Waals surface area contributed by atoms with E-state index in [0.29, 0.717) is 11.4 Å². The van der Waals surface area contributed by atoms with E-state index in [0.717, 1.165) is 25.6 Å². The molecule has 4 aromatic rings. The van der Waals surface area contributed by atoms with Gasteiger partial charge in [0.25, 0.3) is 5.91 Å². The standard InChI is InChI=1S/C19H19N3O2S2/c1-10-9-12(11(2)25-10)15-16(17(23)18(24)21(3)4)22-13-7-5-6-8-14(13)26-19(22)20-15/h5-9,17,23H,1-4H3. The van der Waals surface area contributed by atoms with Crippen LogP contribution in [0.3, 0.4) is 0 Å². The minimum atomic E-state index is -1.27. The quantitative estimate of drug-likeness (QED) is 0.580. The molecule has 3 aromatic heterocycles. The number of aliphatic hydroxyl groups is 1. The number of carbonyl (C=O) groups is 1. The molecule has 0 fully saturated rings. The van der Waals surface area contributed by atoms with Crippen molar-refractivity contribution in [3.05, 3.63) is 45.8 Å². The molecule has 0 aliphatic rings. The summed E-state index contributed by atoms with van der Waals surface area (Å²) in [6.07, 6.45) is -1.27. The fourth-order valence-corrected chi connectivity index (χ4v) is 5.17. The second-order valence-corrected chi connectivity index (χ2v) is 8.97. The summed E-state index contributed by atoms with van der Waals surface area (Å²) in [7, 11) is 3.30. The van der Waals surface area contributed by atoms with Crippen LogP contribution in [0.1, 0.15) is 21.6 Å². The molecule has 0 spiro atoms. The number of aliphatic hydroxyl groups excluding tert-OH is 1. The second kappa shape index (κ2) is 6.19. The predicted octanol–water partition coefficient (Wildman–Crippen LogP) is 4.02. The molecule has 1 atom stereocenters. The molecule has 1 N–H and O–H groups in total. The fourth-order valence-electron chi connectivity index (χ4n) is 3.22. The van der Waals surface area contributed by atoms with Crippen LogP contribution in [0.15, 0.2) is 30.3 Å². The highest BCUT2D eigenvalue weighted by molar-refractivity contribution is 7.23. The number of benzene rings is 1. The Morgan fingerprint density at radius 1 is 1.23 bits per heavy atom. The molecule has 0 saturated carbocycles. The van der Waals surface area contributed by atoms with Gasteiger partial charge in [0.2, 0.25) is 0 Å². The zero-order chi connectivity index (χ0) is 18.6. The highest BCUT2D eigenvalue weighted by Gasteiger charge is 2.30. The van der Waals surface area contributed by atoms with Crippen molar-refractivity contribution >= 4 is 43.8 Å². The fraction of sp³-hybridized carbons (Fsp3) is 0.263. The molecular formula is C19H19N3O2S2. The molecule has 26 heavy (non-hydrogen) atoms.